The molecule has 5 nitrogen and oxygen atoms in total. The molecule has 2 aromatic carbocycles. The summed E-state index contributed by atoms with van der Waals surface area (Å²) >= 11 is 0. The number of methoxy groups -OCH3 is 1. The van der Waals surface area contributed by atoms with Gasteiger partial charge in [0.25, 0.3) is 5.69 Å². The van der Waals surface area contributed by atoms with Crippen molar-refractivity contribution in [1.29, 1.82) is 0 Å². The lowest BCUT2D eigenvalue weighted by Crippen LogP contribution is -1.95. The molecule has 1 aliphatic rings. The fourth-order valence-electron chi connectivity index (χ4n) is 2.61. The standard InChI is InChI=1S/C17H13NO4/c1-22-16-4-2-3-14-15(16)10-12(17(14)19)9-11-5-7-13(8-6-11)18(20)21/h2-9H,10H2,1H3/b12-9+. The molecular formula is C17H13NO4. The summed E-state index contributed by atoms with van der Waals surface area (Å²) in [6, 6.07) is 11.6. The first-order chi connectivity index (χ1) is 10.6. The van der Waals surface area contributed by atoms with Crippen LogP contribution in [-0.2, 0) is 6.42 Å². The average molecular weight is 295 g/mol. The summed E-state index contributed by atoms with van der Waals surface area (Å²) in [4.78, 5) is 22.6. The number of allylic oxidation sites excluding steroid dienone is 1. The number of carbonyl (C=O) groups is 1. The summed E-state index contributed by atoms with van der Waals surface area (Å²) in [6.07, 6.45) is 2.28. The van der Waals surface area contributed by atoms with Crippen molar-refractivity contribution in [2.45, 2.75) is 6.42 Å². The first kappa shape index (κ1) is 14.0. The highest BCUT2D eigenvalue weighted by atomic mass is 16.6. The monoisotopic (exact) mass is 295 g/mol. The van der Waals surface area contributed by atoms with Crippen LogP contribution in [0.15, 0.2) is 48.0 Å². The minimum absolute atomic E-state index is 0.0211. The molecule has 0 aromatic heterocycles. The number of ether oxygens (including phenoxy) is 1. The highest BCUT2D eigenvalue weighted by Gasteiger charge is 2.27. The number of carbonyl (C=O) groups excluding carboxylic acids is 1. The Kier molecular flexibility index (Phi) is 3.47. The number of hydrogen-bond acceptors (Lipinski definition) is 4. The number of nitrogens with zero attached hydrogens (tertiary/aromatic N) is 1. The summed E-state index contributed by atoms with van der Waals surface area (Å²) in [5, 5.41) is 10.7. The fourth-order valence-corrected chi connectivity index (χ4v) is 2.61. The van der Waals surface area contributed by atoms with Crippen LogP contribution in [0.4, 0.5) is 5.69 Å². The average Bonchev–Trinajstić information content (AvgIpc) is 2.84. The Morgan fingerprint density at radius 3 is 2.55 bits per heavy atom. The van der Waals surface area contributed by atoms with Crippen LogP contribution in [0, 0.1) is 10.1 Å². The largest absolute Gasteiger partial charge is 0.496 e. The van der Waals surface area contributed by atoms with E-state index in [0.29, 0.717) is 23.3 Å². The molecule has 0 saturated heterocycles. The molecule has 0 spiro atoms. The van der Waals surface area contributed by atoms with E-state index in [2.05, 4.69) is 0 Å². The van der Waals surface area contributed by atoms with E-state index in [-0.39, 0.29) is 11.5 Å². The number of nitro groups is 1. The predicted molar refractivity (Wildman–Crippen MR) is 82.1 cm³/mol. The predicted octanol–water partition coefficient (Wildman–Crippen LogP) is 3.43. The molecule has 2 aromatic rings. The van der Waals surface area contributed by atoms with Crippen molar-refractivity contribution in [3.8, 4) is 5.75 Å². The minimum Gasteiger partial charge on any atom is -0.496 e. The normalized spacial score (nSPS) is 15.0. The van der Waals surface area contributed by atoms with Crippen LogP contribution in [0.5, 0.6) is 5.75 Å². The molecule has 0 amide bonds. The van der Waals surface area contributed by atoms with Gasteiger partial charge in [0, 0.05) is 35.3 Å². The Morgan fingerprint density at radius 1 is 1.18 bits per heavy atom. The number of fused-ring (bicyclic) bond motifs is 1. The van der Waals surface area contributed by atoms with E-state index in [0.717, 1.165) is 11.1 Å². The third-order valence-electron chi connectivity index (χ3n) is 3.70. The van der Waals surface area contributed by atoms with Crippen molar-refractivity contribution < 1.29 is 14.5 Å². The minimum atomic E-state index is -0.446. The smallest absolute Gasteiger partial charge is 0.269 e. The third kappa shape index (κ3) is 2.37. The number of rotatable bonds is 3. The van der Waals surface area contributed by atoms with E-state index in [1.165, 1.54) is 12.1 Å². The zero-order valence-corrected chi connectivity index (χ0v) is 11.9. The number of benzene rings is 2. The number of ketones is 1. The van der Waals surface area contributed by atoms with Crippen LogP contribution in [0.3, 0.4) is 0 Å². The molecule has 0 unspecified atom stereocenters. The van der Waals surface area contributed by atoms with Gasteiger partial charge in [-0.15, -0.1) is 0 Å². The first-order valence-corrected chi connectivity index (χ1v) is 6.76. The maximum absolute atomic E-state index is 12.4. The van der Waals surface area contributed by atoms with Crippen LogP contribution in [0.2, 0.25) is 0 Å². The van der Waals surface area contributed by atoms with Crippen molar-refractivity contribution in [3.63, 3.8) is 0 Å². The third-order valence-corrected chi connectivity index (χ3v) is 3.70. The summed E-state index contributed by atoms with van der Waals surface area (Å²) in [5.41, 5.74) is 3.01. The van der Waals surface area contributed by atoms with Crippen LogP contribution in [0.25, 0.3) is 6.08 Å². The Hall–Kier alpha value is -2.95. The van der Waals surface area contributed by atoms with Gasteiger partial charge in [-0.25, -0.2) is 0 Å². The lowest BCUT2D eigenvalue weighted by Gasteiger charge is -2.04. The topological polar surface area (TPSA) is 69.4 Å². The maximum atomic E-state index is 12.4. The SMILES string of the molecule is COc1cccc2c1C/C(=C\c1ccc([N+](=O)[O-])cc1)C2=O. The molecule has 1 aliphatic carbocycles. The van der Waals surface area contributed by atoms with Crippen molar-refractivity contribution in [3.05, 3.63) is 74.8 Å². The summed E-state index contributed by atoms with van der Waals surface area (Å²) in [6.45, 7) is 0. The second-order valence-corrected chi connectivity index (χ2v) is 5.01. The van der Waals surface area contributed by atoms with Crippen molar-refractivity contribution in [2.75, 3.05) is 7.11 Å². The molecule has 0 heterocycles. The Labute approximate surface area is 127 Å². The van der Waals surface area contributed by atoms with E-state index in [9.17, 15) is 14.9 Å². The van der Waals surface area contributed by atoms with E-state index < -0.39 is 4.92 Å². The lowest BCUT2D eigenvalue weighted by molar-refractivity contribution is -0.384. The molecule has 0 saturated carbocycles. The quantitative estimate of drug-likeness (QED) is 0.494. The van der Waals surface area contributed by atoms with Crippen molar-refractivity contribution in [2.24, 2.45) is 0 Å². The Morgan fingerprint density at radius 2 is 1.91 bits per heavy atom. The molecule has 0 atom stereocenters. The van der Waals surface area contributed by atoms with Gasteiger partial charge < -0.3 is 4.74 Å². The van der Waals surface area contributed by atoms with E-state index in [4.69, 9.17) is 4.74 Å². The summed E-state index contributed by atoms with van der Waals surface area (Å²) in [5.74, 6) is 0.685. The van der Waals surface area contributed by atoms with Gasteiger partial charge in [0.05, 0.1) is 12.0 Å². The van der Waals surface area contributed by atoms with Gasteiger partial charge >= 0.3 is 0 Å². The van der Waals surface area contributed by atoms with Crippen LogP contribution in [-0.4, -0.2) is 17.8 Å². The summed E-state index contributed by atoms with van der Waals surface area (Å²) < 4.78 is 5.29. The Balaban J connectivity index is 1.94. The van der Waals surface area contributed by atoms with Crippen LogP contribution < -0.4 is 4.74 Å². The van der Waals surface area contributed by atoms with Gasteiger partial charge in [-0.1, -0.05) is 12.1 Å². The van der Waals surface area contributed by atoms with Gasteiger partial charge in [0.15, 0.2) is 5.78 Å². The first-order valence-electron chi connectivity index (χ1n) is 6.76. The molecule has 0 radical (unpaired) electrons. The molecule has 22 heavy (non-hydrogen) atoms. The summed E-state index contributed by atoms with van der Waals surface area (Å²) in [7, 11) is 1.58. The number of hydrogen-bond donors (Lipinski definition) is 0. The van der Waals surface area contributed by atoms with E-state index >= 15 is 0 Å². The van der Waals surface area contributed by atoms with E-state index in [1.54, 1.807) is 37.5 Å². The maximum Gasteiger partial charge on any atom is 0.269 e. The second kappa shape index (κ2) is 5.44. The second-order valence-electron chi connectivity index (χ2n) is 5.01. The molecule has 5 heteroatoms. The van der Waals surface area contributed by atoms with Crippen molar-refractivity contribution >= 4 is 17.5 Å². The highest BCUT2D eigenvalue weighted by molar-refractivity contribution is 6.16. The molecule has 0 N–H and O–H groups in total. The molecular weight excluding hydrogens is 282 g/mol. The van der Waals surface area contributed by atoms with Crippen LogP contribution >= 0.6 is 0 Å². The Bertz CT molecular complexity index is 791. The zero-order chi connectivity index (χ0) is 15.7. The number of nitro benzene ring substituents is 1. The molecule has 0 fully saturated rings. The molecule has 0 aliphatic heterocycles. The van der Waals surface area contributed by atoms with Crippen LogP contribution in [0.1, 0.15) is 21.5 Å². The molecule has 110 valence electrons. The highest BCUT2D eigenvalue weighted by Crippen LogP contribution is 2.34. The van der Waals surface area contributed by atoms with Gasteiger partial charge in [-0.05, 0) is 29.8 Å². The molecule has 0 bridgehead atoms. The van der Waals surface area contributed by atoms with Gasteiger partial charge in [-0.2, -0.15) is 0 Å². The van der Waals surface area contributed by atoms with E-state index in [1.807, 2.05) is 6.07 Å². The number of non-ortho nitro benzene ring substituents is 1. The van der Waals surface area contributed by atoms with Gasteiger partial charge in [0.1, 0.15) is 5.75 Å². The zero-order valence-electron chi connectivity index (χ0n) is 11.9. The van der Waals surface area contributed by atoms with Crippen molar-refractivity contribution in [1.82, 2.24) is 0 Å². The number of Topliss-reactive ketones (excluding diaryl/α,β-unsaturated/α-hetero) is 1. The molecule has 3 rings (SSSR count). The fraction of sp³-hybridized carbons (Fsp3) is 0.118. The lowest BCUT2D eigenvalue weighted by atomic mass is 10.1. The van der Waals surface area contributed by atoms with Gasteiger partial charge in [0.2, 0.25) is 0 Å². The van der Waals surface area contributed by atoms with Gasteiger partial charge in [-0.3, -0.25) is 14.9 Å².